The third-order valence-electron chi connectivity index (χ3n) is 4.69. The Morgan fingerprint density at radius 1 is 1.24 bits per heavy atom. The van der Waals surface area contributed by atoms with Crippen LogP contribution < -0.4 is 10.5 Å². The van der Waals surface area contributed by atoms with E-state index in [0.29, 0.717) is 24.1 Å². The minimum atomic E-state index is -0.515. The molecule has 0 bridgehead atoms. The summed E-state index contributed by atoms with van der Waals surface area (Å²) in [5.41, 5.74) is 6.31. The van der Waals surface area contributed by atoms with Crippen LogP contribution >= 0.6 is 0 Å². The first kappa shape index (κ1) is 14.6. The Hall–Kier alpha value is -1.30. The van der Waals surface area contributed by atoms with E-state index in [0.717, 1.165) is 31.7 Å². The number of nitrogen functional groups attached to an aromatic ring is 1. The maximum atomic E-state index is 10.1. The van der Waals surface area contributed by atoms with Crippen molar-refractivity contribution in [2.75, 3.05) is 32.0 Å². The molecule has 1 saturated heterocycles. The average molecular weight is 292 g/mol. The van der Waals surface area contributed by atoms with Crippen LogP contribution in [0.4, 0.5) is 5.69 Å². The quantitative estimate of drug-likeness (QED) is 0.697. The van der Waals surface area contributed by atoms with Crippen LogP contribution in [0, 0.1) is 11.8 Å². The average Bonchev–Trinajstić information content (AvgIpc) is 3.00. The van der Waals surface area contributed by atoms with Gasteiger partial charge in [0, 0.05) is 31.2 Å². The fraction of sp³-hybridized carbons (Fsp3) is 0.625. The monoisotopic (exact) mass is 292 g/mol. The number of hydrogen-bond donors (Lipinski definition) is 3. The van der Waals surface area contributed by atoms with Crippen LogP contribution in [0.15, 0.2) is 24.3 Å². The largest absolute Gasteiger partial charge is 0.491 e. The molecule has 5 nitrogen and oxygen atoms in total. The van der Waals surface area contributed by atoms with Crippen LogP contribution in [0.2, 0.25) is 0 Å². The molecule has 1 saturated carbocycles. The topological polar surface area (TPSA) is 79.0 Å². The zero-order valence-corrected chi connectivity index (χ0v) is 12.2. The molecule has 4 unspecified atom stereocenters. The van der Waals surface area contributed by atoms with E-state index >= 15 is 0 Å². The number of aliphatic hydroxyl groups is 2. The molecule has 5 heteroatoms. The highest BCUT2D eigenvalue weighted by Gasteiger charge is 2.41. The molecule has 4 N–H and O–H groups in total. The van der Waals surface area contributed by atoms with E-state index in [1.54, 1.807) is 24.3 Å². The Morgan fingerprint density at radius 2 is 2.00 bits per heavy atom. The number of benzene rings is 1. The number of nitrogens with zero attached hydrogens (tertiary/aromatic N) is 1. The van der Waals surface area contributed by atoms with E-state index in [-0.39, 0.29) is 12.7 Å². The first-order chi connectivity index (χ1) is 10.1. The normalized spacial score (nSPS) is 30.3. The molecule has 4 atom stereocenters. The lowest BCUT2D eigenvalue weighted by molar-refractivity contribution is 0.0677. The Labute approximate surface area is 125 Å². The predicted octanol–water partition coefficient (Wildman–Crippen LogP) is 0.711. The van der Waals surface area contributed by atoms with Gasteiger partial charge in [-0.3, -0.25) is 4.90 Å². The second-order valence-electron chi connectivity index (χ2n) is 6.32. The van der Waals surface area contributed by atoms with Crippen LogP contribution in [0.25, 0.3) is 0 Å². The van der Waals surface area contributed by atoms with Crippen molar-refractivity contribution >= 4 is 5.69 Å². The number of hydrogen-bond acceptors (Lipinski definition) is 5. The zero-order valence-electron chi connectivity index (χ0n) is 12.2. The third kappa shape index (κ3) is 3.48. The van der Waals surface area contributed by atoms with E-state index in [2.05, 4.69) is 4.90 Å². The molecule has 1 aliphatic heterocycles. The highest BCUT2D eigenvalue weighted by atomic mass is 16.5. The van der Waals surface area contributed by atoms with Gasteiger partial charge >= 0.3 is 0 Å². The highest BCUT2D eigenvalue weighted by molar-refractivity contribution is 5.41. The molecule has 1 aromatic carbocycles. The number of ether oxygens (including phenoxy) is 1. The van der Waals surface area contributed by atoms with E-state index in [1.807, 2.05) is 0 Å². The fourth-order valence-electron chi connectivity index (χ4n) is 3.59. The Kier molecular flexibility index (Phi) is 4.33. The summed E-state index contributed by atoms with van der Waals surface area (Å²) < 4.78 is 5.57. The van der Waals surface area contributed by atoms with Crippen molar-refractivity contribution in [3.8, 4) is 5.75 Å². The van der Waals surface area contributed by atoms with Crippen LogP contribution in [0.1, 0.15) is 12.8 Å². The summed E-state index contributed by atoms with van der Waals surface area (Å²) in [5.74, 6) is 1.72. The lowest BCUT2D eigenvalue weighted by Crippen LogP contribution is -2.35. The molecule has 0 radical (unpaired) electrons. The number of fused-ring (bicyclic) bond motifs is 1. The van der Waals surface area contributed by atoms with Crippen molar-refractivity contribution in [3.63, 3.8) is 0 Å². The minimum absolute atomic E-state index is 0.150. The van der Waals surface area contributed by atoms with Gasteiger partial charge in [-0.1, -0.05) is 0 Å². The van der Waals surface area contributed by atoms with Gasteiger partial charge in [0.25, 0.3) is 0 Å². The van der Waals surface area contributed by atoms with Gasteiger partial charge in [-0.2, -0.15) is 0 Å². The fourth-order valence-corrected chi connectivity index (χ4v) is 3.59. The Balaban J connectivity index is 1.42. The van der Waals surface area contributed by atoms with Crippen molar-refractivity contribution in [1.29, 1.82) is 0 Å². The number of anilines is 1. The first-order valence-electron chi connectivity index (χ1n) is 7.68. The Morgan fingerprint density at radius 3 is 2.71 bits per heavy atom. The highest BCUT2D eigenvalue weighted by Crippen LogP contribution is 2.37. The number of nitrogens with two attached hydrogens (primary N) is 1. The molecule has 0 spiro atoms. The lowest BCUT2D eigenvalue weighted by Gasteiger charge is -2.21. The summed E-state index contributed by atoms with van der Waals surface area (Å²) in [6, 6.07) is 7.17. The molecule has 1 heterocycles. The first-order valence-corrected chi connectivity index (χ1v) is 7.68. The van der Waals surface area contributed by atoms with E-state index < -0.39 is 6.10 Å². The van der Waals surface area contributed by atoms with Gasteiger partial charge in [0.15, 0.2) is 0 Å². The summed E-state index contributed by atoms with van der Waals surface area (Å²) >= 11 is 0. The summed E-state index contributed by atoms with van der Waals surface area (Å²) in [6.07, 6.45) is 1.38. The van der Waals surface area contributed by atoms with Crippen LogP contribution in [-0.4, -0.2) is 53.6 Å². The second-order valence-corrected chi connectivity index (χ2v) is 6.32. The van der Waals surface area contributed by atoms with E-state index in [9.17, 15) is 10.2 Å². The standard InChI is InChI=1S/C16H24N2O3/c17-12-2-4-14(5-3-12)21-10-13(19)8-18-7-11-1-6-16(20)15(11)9-18/h2-5,11,13,15-16,19-20H,1,6-10,17H2. The number of rotatable bonds is 5. The van der Waals surface area contributed by atoms with Crippen LogP contribution in [-0.2, 0) is 0 Å². The van der Waals surface area contributed by atoms with Gasteiger partial charge < -0.3 is 20.7 Å². The molecule has 2 aliphatic rings. The lowest BCUT2D eigenvalue weighted by atomic mass is 10.00. The maximum absolute atomic E-state index is 10.1. The van der Waals surface area contributed by atoms with E-state index in [1.165, 1.54) is 0 Å². The summed E-state index contributed by atoms with van der Waals surface area (Å²) in [4.78, 5) is 2.24. The van der Waals surface area contributed by atoms with Crippen molar-refractivity contribution in [3.05, 3.63) is 24.3 Å². The molecule has 116 valence electrons. The van der Waals surface area contributed by atoms with Crippen molar-refractivity contribution < 1.29 is 14.9 Å². The molecule has 0 amide bonds. The third-order valence-corrected chi connectivity index (χ3v) is 4.69. The molecule has 1 aliphatic carbocycles. The zero-order chi connectivity index (χ0) is 14.8. The van der Waals surface area contributed by atoms with Gasteiger partial charge in [-0.15, -0.1) is 0 Å². The van der Waals surface area contributed by atoms with Crippen molar-refractivity contribution in [1.82, 2.24) is 4.90 Å². The van der Waals surface area contributed by atoms with Gasteiger partial charge in [0.1, 0.15) is 18.5 Å². The summed E-state index contributed by atoms with van der Waals surface area (Å²) in [5, 5.41) is 20.0. The van der Waals surface area contributed by atoms with Gasteiger partial charge in [0.2, 0.25) is 0 Å². The Bertz CT molecular complexity index is 465. The van der Waals surface area contributed by atoms with E-state index in [4.69, 9.17) is 10.5 Å². The molecule has 0 aromatic heterocycles. The molecule has 2 fully saturated rings. The molecule has 1 aromatic rings. The van der Waals surface area contributed by atoms with Gasteiger partial charge in [0.05, 0.1) is 6.10 Å². The maximum Gasteiger partial charge on any atom is 0.119 e. The smallest absolute Gasteiger partial charge is 0.119 e. The number of β-amino-alcohol motifs (C(OH)–C–C–N with tert-alkyl or cyclic N) is 1. The summed E-state index contributed by atoms with van der Waals surface area (Å²) in [6.45, 7) is 2.76. The number of aliphatic hydroxyl groups excluding tert-OH is 2. The predicted molar refractivity (Wildman–Crippen MR) is 81.0 cm³/mol. The van der Waals surface area contributed by atoms with Crippen LogP contribution in [0.5, 0.6) is 5.75 Å². The van der Waals surface area contributed by atoms with Crippen molar-refractivity contribution in [2.24, 2.45) is 11.8 Å². The molecular weight excluding hydrogens is 268 g/mol. The molecule has 3 rings (SSSR count). The minimum Gasteiger partial charge on any atom is -0.491 e. The molecule has 21 heavy (non-hydrogen) atoms. The van der Waals surface area contributed by atoms with Crippen molar-refractivity contribution in [2.45, 2.75) is 25.0 Å². The second kappa shape index (κ2) is 6.22. The van der Waals surface area contributed by atoms with Crippen LogP contribution in [0.3, 0.4) is 0 Å². The SMILES string of the molecule is Nc1ccc(OCC(O)CN2CC3CCC(O)C3C2)cc1. The van der Waals surface area contributed by atoms with Gasteiger partial charge in [-0.25, -0.2) is 0 Å². The number of likely N-dealkylation sites (tertiary alicyclic amines) is 1. The molecular formula is C16H24N2O3. The van der Waals surface area contributed by atoms with Gasteiger partial charge in [-0.05, 0) is 43.0 Å². The summed E-state index contributed by atoms with van der Waals surface area (Å²) in [7, 11) is 0.